The maximum atomic E-state index is 12.7. The lowest BCUT2D eigenvalue weighted by molar-refractivity contribution is -0.120. The van der Waals surface area contributed by atoms with Crippen molar-refractivity contribution in [3.8, 4) is 0 Å². The fourth-order valence-corrected chi connectivity index (χ4v) is 3.92. The Morgan fingerprint density at radius 2 is 1.67 bits per heavy atom. The van der Waals surface area contributed by atoms with Gasteiger partial charge in [0.2, 0.25) is 5.91 Å². The van der Waals surface area contributed by atoms with Gasteiger partial charge >= 0.3 is 0 Å². The Bertz CT molecular complexity index is 599. The van der Waals surface area contributed by atoms with Crippen molar-refractivity contribution in [2.75, 3.05) is 17.2 Å². The van der Waals surface area contributed by atoms with Crippen molar-refractivity contribution < 1.29 is 4.79 Å². The van der Waals surface area contributed by atoms with E-state index < -0.39 is 0 Å². The molecule has 2 atom stereocenters. The summed E-state index contributed by atoms with van der Waals surface area (Å²) in [7, 11) is 0. The highest BCUT2D eigenvalue weighted by Crippen LogP contribution is 2.33. The Labute approximate surface area is 130 Å². The van der Waals surface area contributed by atoms with Crippen LogP contribution in [-0.2, 0) is 4.79 Å². The molecular formula is C18H19NOS. The quantitative estimate of drug-likeness (QED) is 0.793. The van der Waals surface area contributed by atoms with Crippen molar-refractivity contribution in [2.24, 2.45) is 11.8 Å². The van der Waals surface area contributed by atoms with Gasteiger partial charge in [-0.1, -0.05) is 43.3 Å². The lowest BCUT2D eigenvalue weighted by Crippen LogP contribution is -2.27. The summed E-state index contributed by atoms with van der Waals surface area (Å²) in [5, 5.41) is 0. The maximum Gasteiger partial charge on any atom is 0.231 e. The molecule has 0 unspecified atom stereocenters. The zero-order chi connectivity index (χ0) is 14.7. The van der Waals surface area contributed by atoms with Crippen LogP contribution in [0, 0.1) is 11.8 Å². The maximum absolute atomic E-state index is 12.7. The van der Waals surface area contributed by atoms with Gasteiger partial charge in [0.25, 0.3) is 0 Å². The smallest absolute Gasteiger partial charge is 0.231 e. The molecule has 2 nitrogen and oxygen atoms in total. The van der Waals surface area contributed by atoms with E-state index in [2.05, 4.69) is 19.1 Å². The molecule has 3 rings (SSSR count). The molecule has 2 aromatic rings. The van der Waals surface area contributed by atoms with Crippen molar-refractivity contribution in [1.29, 1.82) is 0 Å². The Kier molecular flexibility index (Phi) is 4.30. The number of hydrogen-bond donors (Lipinski definition) is 0. The van der Waals surface area contributed by atoms with E-state index in [0.717, 1.165) is 18.0 Å². The first-order valence-electron chi connectivity index (χ1n) is 7.30. The summed E-state index contributed by atoms with van der Waals surface area (Å²) in [5.74, 6) is 1.62. The minimum atomic E-state index is 0.107. The van der Waals surface area contributed by atoms with E-state index in [1.807, 2.05) is 53.4 Å². The molecule has 1 aliphatic rings. The minimum Gasteiger partial charge on any atom is -0.312 e. The van der Waals surface area contributed by atoms with Gasteiger partial charge in [-0.15, -0.1) is 11.8 Å². The number of amides is 1. The Morgan fingerprint density at radius 3 is 2.33 bits per heavy atom. The standard InChI is InChI=1S/C18H19NOS/c1-14-12-19(15-8-4-2-5-9-15)18(20)17(14)13-21-16-10-6-3-7-11-16/h2-11,14,17H,12-13H2,1H3/t14-,17+/m0/s1. The SMILES string of the molecule is C[C@H]1CN(c2ccccc2)C(=O)[C@@H]1CSc1ccccc1. The number of anilines is 1. The number of benzene rings is 2. The van der Waals surface area contributed by atoms with Crippen LogP contribution in [-0.4, -0.2) is 18.2 Å². The molecule has 0 aliphatic carbocycles. The topological polar surface area (TPSA) is 20.3 Å². The molecule has 0 radical (unpaired) electrons. The number of carbonyl (C=O) groups excluding carboxylic acids is 1. The number of para-hydroxylation sites is 1. The number of thioether (sulfide) groups is 1. The summed E-state index contributed by atoms with van der Waals surface area (Å²) < 4.78 is 0. The average molecular weight is 297 g/mol. The second-order valence-corrected chi connectivity index (χ2v) is 6.59. The van der Waals surface area contributed by atoms with E-state index in [1.165, 1.54) is 4.90 Å². The Hall–Kier alpha value is -1.74. The molecule has 2 aromatic carbocycles. The van der Waals surface area contributed by atoms with Crippen LogP contribution in [0.5, 0.6) is 0 Å². The second-order valence-electron chi connectivity index (χ2n) is 5.49. The molecular weight excluding hydrogens is 278 g/mol. The summed E-state index contributed by atoms with van der Waals surface area (Å²) >= 11 is 1.77. The summed E-state index contributed by atoms with van der Waals surface area (Å²) in [4.78, 5) is 15.8. The molecule has 0 bridgehead atoms. The summed E-state index contributed by atoms with van der Waals surface area (Å²) in [6.45, 7) is 3.00. The van der Waals surface area contributed by atoms with Crippen molar-refractivity contribution in [3.05, 3.63) is 60.7 Å². The van der Waals surface area contributed by atoms with Crippen molar-refractivity contribution in [2.45, 2.75) is 11.8 Å². The average Bonchev–Trinajstić information content (AvgIpc) is 2.82. The van der Waals surface area contributed by atoms with E-state index >= 15 is 0 Å². The van der Waals surface area contributed by atoms with E-state index in [1.54, 1.807) is 11.8 Å². The van der Waals surface area contributed by atoms with E-state index in [9.17, 15) is 4.79 Å². The number of nitrogens with zero attached hydrogens (tertiary/aromatic N) is 1. The third-order valence-electron chi connectivity index (χ3n) is 3.98. The van der Waals surface area contributed by atoms with Crippen LogP contribution >= 0.6 is 11.8 Å². The largest absolute Gasteiger partial charge is 0.312 e. The molecule has 108 valence electrons. The molecule has 1 saturated heterocycles. The Balaban J connectivity index is 1.68. The van der Waals surface area contributed by atoms with Gasteiger partial charge in [0.1, 0.15) is 0 Å². The molecule has 3 heteroatoms. The molecule has 1 heterocycles. The zero-order valence-electron chi connectivity index (χ0n) is 12.1. The Morgan fingerprint density at radius 1 is 1.05 bits per heavy atom. The van der Waals surface area contributed by atoms with Crippen molar-refractivity contribution >= 4 is 23.4 Å². The van der Waals surface area contributed by atoms with Gasteiger partial charge in [-0.2, -0.15) is 0 Å². The van der Waals surface area contributed by atoms with Gasteiger partial charge in [0.05, 0.1) is 5.92 Å². The molecule has 0 N–H and O–H groups in total. The normalized spacial score (nSPS) is 21.8. The number of hydrogen-bond acceptors (Lipinski definition) is 2. The third-order valence-corrected chi connectivity index (χ3v) is 5.11. The van der Waals surface area contributed by atoms with Gasteiger partial charge in [-0.3, -0.25) is 4.79 Å². The van der Waals surface area contributed by atoms with Crippen LogP contribution in [0.15, 0.2) is 65.6 Å². The number of carbonyl (C=O) groups is 1. The second kappa shape index (κ2) is 6.35. The van der Waals surface area contributed by atoms with Gasteiger partial charge < -0.3 is 4.90 Å². The van der Waals surface area contributed by atoms with Crippen molar-refractivity contribution in [3.63, 3.8) is 0 Å². The third kappa shape index (κ3) is 3.13. The fourth-order valence-electron chi connectivity index (χ4n) is 2.73. The fraction of sp³-hybridized carbons (Fsp3) is 0.278. The van der Waals surface area contributed by atoms with Crippen LogP contribution in [0.1, 0.15) is 6.92 Å². The first-order valence-corrected chi connectivity index (χ1v) is 8.28. The lowest BCUT2D eigenvalue weighted by atomic mass is 10.0. The molecule has 0 aromatic heterocycles. The lowest BCUT2D eigenvalue weighted by Gasteiger charge is -2.16. The summed E-state index contributed by atoms with van der Waals surface area (Å²) in [6, 6.07) is 20.3. The van der Waals surface area contributed by atoms with E-state index in [-0.39, 0.29) is 11.8 Å². The first kappa shape index (κ1) is 14.2. The molecule has 1 aliphatic heterocycles. The highest BCUT2D eigenvalue weighted by atomic mass is 32.2. The van der Waals surface area contributed by atoms with Gasteiger partial charge in [0.15, 0.2) is 0 Å². The highest BCUT2D eigenvalue weighted by Gasteiger charge is 2.38. The molecule has 21 heavy (non-hydrogen) atoms. The monoisotopic (exact) mass is 297 g/mol. The van der Waals surface area contributed by atoms with E-state index in [4.69, 9.17) is 0 Å². The van der Waals surface area contributed by atoms with Gasteiger partial charge in [-0.25, -0.2) is 0 Å². The first-order chi connectivity index (χ1) is 10.3. The van der Waals surface area contributed by atoms with Gasteiger partial charge in [-0.05, 0) is 30.2 Å². The zero-order valence-corrected chi connectivity index (χ0v) is 12.9. The number of rotatable bonds is 4. The van der Waals surface area contributed by atoms with Crippen LogP contribution in [0.25, 0.3) is 0 Å². The predicted octanol–water partition coefficient (Wildman–Crippen LogP) is 4.08. The minimum absolute atomic E-state index is 0.107. The van der Waals surface area contributed by atoms with Crippen molar-refractivity contribution in [1.82, 2.24) is 0 Å². The molecule has 0 spiro atoms. The van der Waals surface area contributed by atoms with Gasteiger partial charge in [0, 0.05) is 22.9 Å². The summed E-state index contributed by atoms with van der Waals surface area (Å²) in [5.41, 5.74) is 1.02. The summed E-state index contributed by atoms with van der Waals surface area (Å²) in [6.07, 6.45) is 0. The van der Waals surface area contributed by atoms with E-state index in [0.29, 0.717) is 5.92 Å². The highest BCUT2D eigenvalue weighted by molar-refractivity contribution is 7.99. The predicted molar refractivity (Wildman–Crippen MR) is 88.6 cm³/mol. The van der Waals surface area contributed by atoms with Crippen LogP contribution in [0.2, 0.25) is 0 Å². The molecule has 0 saturated carbocycles. The molecule has 1 fully saturated rings. The molecule has 1 amide bonds. The van der Waals surface area contributed by atoms with Crippen LogP contribution < -0.4 is 4.90 Å². The van der Waals surface area contributed by atoms with Crippen LogP contribution in [0.3, 0.4) is 0 Å². The van der Waals surface area contributed by atoms with Crippen LogP contribution in [0.4, 0.5) is 5.69 Å².